The number of rotatable bonds is 2. The molecular weight excluding hydrogens is 312 g/mol. The highest BCUT2D eigenvalue weighted by atomic mass is 14.3. The van der Waals surface area contributed by atoms with Crippen molar-refractivity contribution in [2.24, 2.45) is 5.92 Å². The molecule has 2 aromatic carbocycles. The summed E-state index contributed by atoms with van der Waals surface area (Å²) in [5.74, 6) is 0.698. The number of benzene rings is 2. The third kappa shape index (κ3) is 2.61. The lowest BCUT2D eigenvalue weighted by atomic mass is 9.70. The number of allylic oxidation sites excluding steroid dienone is 8. The van der Waals surface area contributed by atoms with E-state index in [1.54, 1.807) is 11.1 Å². The Labute approximate surface area is 156 Å². The maximum atomic E-state index is 2.41. The van der Waals surface area contributed by atoms with E-state index in [0.29, 0.717) is 5.92 Å². The van der Waals surface area contributed by atoms with Gasteiger partial charge in [0.25, 0.3) is 0 Å². The Bertz CT molecular complexity index is 951. The Morgan fingerprint density at radius 3 is 2.38 bits per heavy atom. The minimum atomic E-state index is 0.698. The Morgan fingerprint density at radius 2 is 1.50 bits per heavy atom. The van der Waals surface area contributed by atoms with Crippen molar-refractivity contribution in [2.75, 3.05) is 0 Å². The zero-order chi connectivity index (χ0) is 17.3. The molecule has 0 nitrogen and oxygen atoms in total. The second-order valence-corrected chi connectivity index (χ2v) is 7.58. The van der Waals surface area contributed by atoms with Crippen LogP contribution in [0.25, 0.3) is 16.7 Å². The van der Waals surface area contributed by atoms with Gasteiger partial charge in [-0.1, -0.05) is 84.5 Å². The van der Waals surface area contributed by atoms with Crippen LogP contribution in [0.3, 0.4) is 0 Å². The third-order valence-electron chi connectivity index (χ3n) is 6.03. The molecular formula is C26H24. The lowest BCUT2D eigenvalue weighted by Gasteiger charge is -2.34. The molecule has 0 heteroatoms. The quantitative estimate of drug-likeness (QED) is 0.547. The zero-order valence-corrected chi connectivity index (χ0v) is 15.1. The molecule has 0 heterocycles. The first-order chi connectivity index (χ1) is 12.9. The highest BCUT2D eigenvalue weighted by molar-refractivity contribution is 5.94. The summed E-state index contributed by atoms with van der Waals surface area (Å²) in [6.45, 7) is 0. The van der Waals surface area contributed by atoms with Crippen molar-refractivity contribution in [1.29, 1.82) is 0 Å². The molecule has 0 N–H and O–H groups in total. The summed E-state index contributed by atoms with van der Waals surface area (Å²) >= 11 is 0. The van der Waals surface area contributed by atoms with Crippen LogP contribution >= 0.6 is 0 Å². The van der Waals surface area contributed by atoms with Gasteiger partial charge in [0.2, 0.25) is 0 Å². The standard InChI is InChI=1S/C26H24/c1-2-10-19(11-3-1)22-14-8-9-17-25(22)26-23-15-6-4-12-20(23)18-21-13-5-7-16-24(21)26/h1-3,6-11,14-17,20H,4-5,12-13,18H2. The van der Waals surface area contributed by atoms with Crippen molar-refractivity contribution >= 4 is 5.57 Å². The van der Waals surface area contributed by atoms with E-state index in [-0.39, 0.29) is 0 Å². The molecule has 0 saturated carbocycles. The lowest BCUT2D eigenvalue weighted by molar-refractivity contribution is 0.541. The van der Waals surface area contributed by atoms with Crippen LogP contribution in [-0.2, 0) is 0 Å². The molecule has 0 aliphatic heterocycles. The first kappa shape index (κ1) is 15.6. The van der Waals surface area contributed by atoms with Crippen LogP contribution in [0.2, 0.25) is 0 Å². The summed E-state index contributed by atoms with van der Waals surface area (Å²) in [6, 6.07) is 19.8. The normalized spacial score (nSPS) is 21.6. The smallest absolute Gasteiger partial charge is 0.00708 e. The van der Waals surface area contributed by atoms with Gasteiger partial charge in [-0.25, -0.2) is 0 Å². The van der Waals surface area contributed by atoms with Crippen LogP contribution in [0.4, 0.5) is 0 Å². The Kier molecular flexibility index (Phi) is 3.97. The predicted molar refractivity (Wildman–Crippen MR) is 111 cm³/mol. The fourth-order valence-corrected chi connectivity index (χ4v) is 4.81. The topological polar surface area (TPSA) is 0 Å². The summed E-state index contributed by atoms with van der Waals surface area (Å²) in [7, 11) is 0. The summed E-state index contributed by atoms with van der Waals surface area (Å²) in [5.41, 5.74) is 10.3. The number of fused-ring (bicyclic) bond motifs is 1. The minimum Gasteiger partial charge on any atom is -0.0842 e. The molecule has 0 bridgehead atoms. The largest absolute Gasteiger partial charge is 0.0842 e. The average Bonchev–Trinajstić information content (AvgIpc) is 2.72. The maximum absolute atomic E-state index is 2.41. The SMILES string of the molecule is C1=CC2=C(CC1)CC1CCC=CC1=C2c1ccccc1-c1ccccc1. The molecule has 3 aliphatic carbocycles. The van der Waals surface area contributed by atoms with Crippen molar-refractivity contribution in [3.05, 3.63) is 101 Å². The van der Waals surface area contributed by atoms with Crippen molar-refractivity contribution in [3.8, 4) is 11.1 Å². The maximum Gasteiger partial charge on any atom is -0.00708 e. The molecule has 0 radical (unpaired) electrons. The highest BCUT2D eigenvalue weighted by Crippen LogP contribution is 2.48. The van der Waals surface area contributed by atoms with Crippen LogP contribution in [0.15, 0.2) is 95.6 Å². The molecule has 128 valence electrons. The number of hydrogen-bond donors (Lipinski definition) is 0. The second kappa shape index (κ2) is 6.61. The summed E-state index contributed by atoms with van der Waals surface area (Å²) in [5, 5.41) is 0. The van der Waals surface area contributed by atoms with E-state index in [1.165, 1.54) is 59.9 Å². The molecule has 2 aromatic rings. The van der Waals surface area contributed by atoms with Gasteiger partial charge in [0.05, 0.1) is 0 Å². The Balaban J connectivity index is 1.77. The van der Waals surface area contributed by atoms with E-state index in [9.17, 15) is 0 Å². The highest BCUT2D eigenvalue weighted by Gasteiger charge is 2.30. The first-order valence-electron chi connectivity index (χ1n) is 9.86. The van der Waals surface area contributed by atoms with Crippen molar-refractivity contribution < 1.29 is 0 Å². The van der Waals surface area contributed by atoms with Gasteiger partial charge in [0, 0.05) is 0 Å². The molecule has 0 amide bonds. The molecule has 1 unspecified atom stereocenters. The molecule has 26 heavy (non-hydrogen) atoms. The van der Waals surface area contributed by atoms with Gasteiger partial charge in [0.15, 0.2) is 0 Å². The lowest BCUT2D eigenvalue weighted by Crippen LogP contribution is -2.17. The van der Waals surface area contributed by atoms with Gasteiger partial charge >= 0.3 is 0 Å². The fraction of sp³-hybridized carbons (Fsp3) is 0.231. The second-order valence-electron chi connectivity index (χ2n) is 7.58. The summed E-state index contributed by atoms with van der Waals surface area (Å²) in [4.78, 5) is 0. The third-order valence-corrected chi connectivity index (χ3v) is 6.03. The molecule has 5 rings (SSSR count). The van der Waals surface area contributed by atoms with Crippen LogP contribution < -0.4 is 0 Å². The van der Waals surface area contributed by atoms with E-state index < -0.39 is 0 Å². The van der Waals surface area contributed by atoms with Crippen molar-refractivity contribution in [1.82, 2.24) is 0 Å². The van der Waals surface area contributed by atoms with E-state index in [0.717, 1.165) is 0 Å². The predicted octanol–water partition coefficient (Wildman–Crippen LogP) is 7.12. The van der Waals surface area contributed by atoms with Gasteiger partial charge in [-0.05, 0) is 71.4 Å². The van der Waals surface area contributed by atoms with E-state index >= 15 is 0 Å². The van der Waals surface area contributed by atoms with E-state index in [1.807, 2.05) is 0 Å². The molecule has 0 fully saturated rings. The van der Waals surface area contributed by atoms with Gasteiger partial charge in [-0.15, -0.1) is 0 Å². The van der Waals surface area contributed by atoms with Crippen molar-refractivity contribution in [3.63, 3.8) is 0 Å². The monoisotopic (exact) mass is 336 g/mol. The van der Waals surface area contributed by atoms with Crippen LogP contribution in [0, 0.1) is 5.92 Å². The van der Waals surface area contributed by atoms with Gasteiger partial charge in [-0.3, -0.25) is 0 Å². The van der Waals surface area contributed by atoms with Gasteiger partial charge < -0.3 is 0 Å². The van der Waals surface area contributed by atoms with Gasteiger partial charge in [0.1, 0.15) is 0 Å². The number of hydrogen-bond acceptors (Lipinski definition) is 0. The van der Waals surface area contributed by atoms with Crippen LogP contribution in [-0.4, -0.2) is 0 Å². The molecule has 0 saturated heterocycles. The van der Waals surface area contributed by atoms with Gasteiger partial charge in [-0.2, -0.15) is 0 Å². The van der Waals surface area contributed by atoms with E-state index in [2.05, 4.69) is 78.9 Å². The molecule has 0 aromatic heterocycles. The Morgan fingerprint density at radius 1 is 0.731 bits per heavy atom. The summed E-state index contributed by atoms with van der Waals surface area (Å²) in [6.07, 6.45) is 15.7. The minimum absolute atomic E-state index is 0.698. The zero-order valence-electron chi connectivity index (χ0n) is 15.1. The Hall–Kier alpha value is -2.60. The molecule has 3 aliphatic rings. The first-order valence-corrected chi connectivity index (χ1v) is 9.86. The van der Waals surface area contributed by atoms with Crippen molar-refractivity contribution in [2.45, 2.75) is 32.1 Å². The summed E-state index contributed by atoms with van der Waals surface area (Å²) < 4.78 is 0. The van der Waals surface area contributed by atoms with Crippen LogP contribution in [0.1, 0.15) is 37.7 Å². The van der Waals surface area contributed by atoms with Crippen LogP contribution in [0.5, 0.6) is 0 Å². The molecule has 1 atom stereocenters. The fourth-order valence-electron chi connectivity index (χ4n) is 4.81. The van der Waals surface area contributed by atoms with E-state index in [4.69, 9.17) is 0 Å². The molecule has 0 spiro atoms. The average molecular weight is 336 g/mol.